The van der Waals surface area contributed by atoms with Crippen molar-refractivity contribution in [2.75, 3.05) is 26.2 Å². The van der Waals surface area contributed by atoms with E-state index in [1.807, 2.05) is 12.1 Å². The van der Waals surface area contributed by atoms with E-state index in [0.29, 0.717) is 0 Å². The van der Waals surface area contributed by atoms with E-state index in [2.05, 4.69) is 47.4 Å². The predicted octanol–water partition coefficient (Wildman–Crippen LogP) is 3.76. The summed E-state index contributed by atoms with van der Waals surface area (Å²) in [5.41, 5.74) is 2.40. The molecule has 6 heteroatoms. The van der Waals surface area contributed by atoms with Crippen LogP contribution in [0.4, 0.5) is 0 Å². The molecule has 2 aromatic carbocycles. The Labute approximate surface area is 165 Å². The lowest BCUT2D eigenvalue weighted by atomic mass is 10.1. The van der Waals surface area contributed by atoms with Gasteiger partial charge in [-0.25, -0.2) is 9.59 Å². The van der Waals surface area contributed by atoms with Crippen molar-refractivity contribution in [2.24, 2.45) is 0 Å². The second-order valence-corrected chi connectivity index (χ2v) is 6.58. The summed E-state index contributed by atoms with van der Waals surface area (Å²) in [7, 11) is 0. The summed E-state index contributed by atoms with van der Waals surface area (Å²) in [6, 6.07) is 18.8. The third kappa shape index (κ3) is 7.40. The summed E-state index contributed by atoms with van der Waals surface area (Å²) in [6.45, 7) is 4.25. The second kappa shape index (κ2) is 11.8. The summed E-state index contributed by atoms with van der Waals surface area (Å²) in [5, 5.41) is 14.8. The Balaban J connectivity index is 0.000000409. The molecular formula is C22H27NO5. The lowest BCUT2D eigenvalue weighted by Gasteiger charge is -2.20. The number of rotatable bonds is 5. The van der Waals surface area contributed by atoms with E-state index in [4.69, 9.17) is 24.5 Å². The summed E-state index contributed by atoms with van der Waals surface area (Å²) in [4.78, 5) is 20.7. The quantitative estimate of drug-likeness (QED) is 0.762. The molecule has 0 aliphatic carbocycles. The van der Waals surface area contributed by atoms with Crippen molar-refractivity contribution in [1.29, 1.82) is 0 Å². The monoisotopic (exact) mass is 385 g/mol. The Hall–Kier alpha value is -2.86. The van der Waals surface area contributed by atoms with Crippen molar-refractivity contribution < 1.29 is 24.5 Å². The molecule has 1 saturated heterocycles. The van der Waals surface area contributed by atoms with E-state index in [0.717, 1.165) is 18.9 Å². The number of ether oxygens (including phenoxy) is 1. The summed E-state index contributed by atoms with van der Waals surface area (Å²) in [6.07, 6.45) is 5.43. The van der Waals surface area contributed by atoms with E-state index in [-0.39, 0.29) is 0 Å². The van der Waals surface area contributed by atoms with E-state index >= 15 is 0 Å². The first kappa shape index (κ1) is 21.4. The zero-order valence-corrected chi connectivity index (χ0v) is 15.9. The first-order valence-electron chi connectivity index (χ1n) is 9.53. The molecule has 0 radical (unpaired) electrons. The van der Waals surface area contributed by atoms with Gasteiger partial charge in [-0.1, -0.05) is 61.4 Å². The van der Waals surface area contributed by atoms with Crippen molar-refractivity contribution in [3.05, 3.63) is 54.6 Å². The molecule has 2 aromatic rings. The van der Waals surface area contributed by atoms with Crippen LogP contribution in [0, 0.1) is 0 Å². The third-order valence-corrected chi connectivity index (χ3v) is 4.52. The maximum absolute atomic E-state index is 9.10. The molecule has 0 atom stereocenters. The van der Waals surface area contributed by atoms with Gasteiger partial charge in [-0.15, -0.1) is 0 Å². The Morgan fingerprint density at radius 3 is 2.00 bits per heavy atom. The van der Waals surface area contributed by atoms with Crippen LogP contribution in [0.2, 0.25) is 0 Å². The molecule has 2 N–H and O–H groups in total. The van der Waals surface area contributed by atoms with Crippen LogP contribution in [0.1, 0.15) is 25.7 Å². The molecule has 1 fully saturated rings. The van der Waals surface area contributed by atoms with Crippen LogP contribution in [0.15, 0.2) is 54.6 Å². The fourth-order valence-electron chi connectivity index (χ4n) is 3.09. The summed E-state index contributed by atoms with van der Waals surface area (Å²) >= 11 is 0. The lowest BCUT2D eigenvalue weighted by Crippen LogP contribution is -2.29. The number of nitrogens with zero attached hydrogens (tertiary/aromatic N) is 1. The normalized spacial score (nSPS) is 14.3. The minimum Gasteiger partial charge on any atom is -0.492 e. The molecular weight excluding hydrogens is 358 g/mol. The molecule has 0 amide bonds. The van der Waals surface area contributed by atoms with E-state index in [1.54, 1.807) is 0 Å². The predicted molar refractivity (Wildman–Crippen MR) is 108 cm³/mol. The number of benzene rings is 2. The minimum atomic E-state index is -1.82. The highest BCUT2D eigenvalue weighted by Gasteiger charge is 2.10. The molecule has 0 unspecified atom stereocenters. The van der Waals surface area contributed by atoms with Gasteiger partial charge in [0.05, 0.1) is 0 Å². The number of hydrogen-bond donors (Lipinski definition) is 2. The van der Waals surface area contributed by atoms with Gasteiger partial charge in [0.25, 0.3) is 0 Å². The topological polar surface area (TPSA) is 87.1 Å². The molecule has 3 rings (SSSR count). The van der Waals surface area contributed by atoms with Crippen LogP contribution in [0.25, 0.3) is 11.1 Å². The standard InChI is InChI=1S/C20H25NO.C2H2O4/c1-2-9-15-21(14-8-1)16-17-22-20-13-7-6-12-19(20)18-10-4-3-5-11-18;3-1(4)2(5)6/h3-7,10-13H,1-2,8-9,14-17H2;(H,3,4)(H,5,6). The highest BCUT2D eigenvalue weighted by atomic mass is 16.5. The van der Waals surface area contributed by atoms with Gasteiger partial charge in [-0.2, -0.15) is 0 Å². The Bertz CT molecular complexity index is 728. The van der Waals surface area contributed by atoms with Crippen LogP contribution in [0.5, 0.6) is 5.75 Å². The molecule has 28 heavy (non-hydrogen) atoms. The Morgan fingerprint density at radius 2 is 1.39 bits per heavy atom. The molecule has 1 aliphatic rings. The second-order valence-electron chi connectivity index (χ2n) is 6.58. The molecule has 6 nitrogen and oxygen atoms in total. The molecule has 0 saturated carbocycles. The fourth-order valence-corrected chi connectivity index (χ4v) is 3.09. The fraction of sp³-hybridized carbons (Fsp3) is 0.364. The number of carboxylic acid groups (broad SMARTS) is 2. The lowest BCUT2D eigenvalue weighted by molar-refractivity contribution is -0.159. The zero-order valence-electron chi connectivity index (χ0n) is 15.9. The number of carboxylic acids is 2. The van der Waals surface area contributed by atoms with Crippen molar-refractivity contribution in [1.82, 2.24) is 4.90 Å². The van der Waals surface area contributed by atoms with Crippen molar-refractivity contribution >= 4 is 11.9 Å². The van der Waals surface area contributed by atoms with Gasteiger partial charge < -0.3 is 14.9 Å². The molecule has 1 heterocycles. The third-order valence-electron chi connectivity index (χ3n) is 4.52. The molecule has 0 spiro atoms. The van der Waals surface area contributed by atoms with Crippen LogP contribution in [-0.2, 0) is 9.59 Å². The molecule has 1 aliphatic heterocycles. The summed E-state index contributed by atoms with van der Waals surface area (Å²) < 4.78 is 6.09. The smallest absolute Gasteiger partial charge is 0.414 e. The van der Waals surface area contributed by atoms with Crippen molar-refractivity contribution in [2.45, 2.75) is 25.7 Å². The van der Waals surface area contributed by atoms with Crippen LogP contribution in [-0.4, -0.2) is 53.3 Å². The molecule has 0 bridgehead atoms. The van der Waals surface area contributed by atoms with Gasteiger partial charge in [-0.05, 0) is 37.6 Å². The number of para-hydroxylation sites is 1. The summed E-state index contributed by atoms with van der Waals surface area (Å²) in [5.74, 6) is -2.66. The first-order chi connectivity index (χ1) is 13.6. The van der Waals surface area contributed by atoms with Gasteiger partial charge in [-0.3, -0.25) is 4.90 Å². The minimum absolute atomic E-state index is 0.768. The average molecular weight is 385 g/mol. The average Bonchev–Trinajstić information content (AvgIpc) is 2.98. The highest BCUT2D eigenvalue weighted by molar-refractivity contribution is 6.27. The van der Waals surface area contributed by atoms with Crippen LogP contribution in [0.3, 0.4) is 0 Å². The largest absolute Gasteiger partial charge is 0.492 e. The van der Waals surface area contributed by atoms with Crippen LogP contribution < -0.4 is 4.74 Å². The van der Waals surface area contributed by atoms with Crippen molar-refractivity contribution in [3.8, 4) is 16.9 Å². The first-order valence-corrected chi connectivity index (χ1v) is 9.53. The van der Waals surface area contributed by atoms with Gasteiger partial charge in [0, 0.05) is 12.1 Å². The van der Waals surface area contributed by atoms with E-state index < -0.39 is 11.9 Å². The number of hydrogen-bond acceptors (Lipinski definition) is 4. The SMILES string of the molecule is O=C(O)C(=O)O.c1ccc(-c2ccccc2OCCN2CCCCCC2)cc1. The van der Waals surface area contributed by atoms with Crippen LogP contribution >= 0.6 is 0 Å². The van der Waals surface area contributed by atoms with E-state index in [1.165, 1.54) is 49.9 Å². The van der Waals surface area contributed by atoms with Crippen molar-refractivity contribution in [3.63, 3.8) is 0 Å². The van der Waals surface area contributed by atoms with Gasteiger partial charge in [0.1, 0.15) is 12.4 Å². The zero-order chi connectivity index (χ0) is 20.2. The Morgan fingerprint density at radius 1 is 0.821 bits per heavy atom. The number of aliphatic carboxylic acids is 2. The number of likely N-dealkylation sites (tertiary alicyclic amines) is 1. The van der Waals surface area contributed by atoms with Gasteiger partial charge >= 0.3 is 11.9 Å². The Kier molecular flexibility index (Phi) is 9.01. The number of carbonyl (C=O) groups is 2. The maximum atomic E-state index is 9.10. The van der Waals surface area contributed by atoms with E-state index in [9.17, 15) is 0 Å². The molecule has 150 valence electrons. The molecule has 0 aromatic heterocycles. The van der Waals surface area contributed by atoms with Gasteiger partial charge in [0.2, 0.25) is 0 Å². The maximum Gasteiger partial charge on any atom is 0.414 e. The van der Waals surface area contributed by atoms with Gasteiger partial charge in [0.15, 0.2) is 0 Å². The highest BCUT2D eigenvalue weighted by Crippen LogP contribution is 2.29.